The Kier molecular flexibility index (Phi) is 5.51. The fraction of sp³-hybridized carbons (Fsp3) is 0.125. The number of carbonyl (C=O) groups is 1. The number of hydrogen-bond acceptors (Lipinski definition) is 1. The van der Waals surface area contributed by atoms with E-state index in [1.165, 1.54) is 12.1 Å². The molecule has 1 aromatic rings. The van der Waals surface area contributed by atoms with Crippen molar-refractivity contribution in [1.29, 1.82) is 0 Å². The van der Waals surface area contributed by atoms with Gasteiger partial charge in [0.15, 0.2) is 11.6 Å². The maximum atomic E-state index is 11.9. The Morgan fingerprint density at radius 3 is 1.75 bits per heavy atom. The van der Waals surface area contributed by atoms with Crippen LogP contribution >= 0.6 is 0 Å². The Bertz CT molecular complexity index is 219. The van der Waals surface area contributed by atoms with Gasteiger partial charge in [-0.05, 0) is 12.1 Å². The van der Waals surface area contributed by atoms with Gasteiger partial charge in [-0.2, -0.15) is 0 Å². The van der Waals surface area contributed by atoms with Gasteiger partial charge < -0.3 is 5.32 Å². The SMILES string of the molecule is CNC=O.Fc1ccccc1F. The van der Waals surface area contributed by atoms with Crippen molar-refractivity contribution < 1.29 is 13.6 Å². The van der Waals surface area contributed by atoms with E-state index in [2.05, 4.69) is 5.32 Å². The van der Waals surface area contributed by atoms with Crippen LogP contribution in [0.2, 0.25) is 0 Å². The molecule has 1 rings (SSSR count). The lowest BCUT2D eigenvalue weighted by molar-refractivity contribution is -0.109. The van der Waals surface area contributed by atoms with Gasteiger partial charge in [0.2, 0.25) is 6.41 Å². The number of rotatable bonds is 1. The first-order valence-corrected chi connectivity index (χ1v) is 3.23. The molecule has 0 saturated heterocycles. The normalized spacial score (nSPS) is 7.92. The molecule has 1 amide bonds. The van der Waals surface area contributed by atoms with E-state index in [1.54, 1.807) is 7.05 Å². The lowest BCUT2D eigenvalue weighted by Gasteiger charge is -1.85. The zero-order chi connectivity index (χ0) is 9.40. The van der Waals surface area contributed by atoms with Crippen molar-refractivity contribution in [1.82, 2.24) is 5.32 Å². The van der Waals surface area contributed by atoms with Gasteiger partial charge in [-0.1, -0.05) is 12.1 Å². The molecule has 0 saturated carbocycles. The van der Waals surface area contributed by atoms with Crippen LogP contribution in [0.25, 0.3) is 0 Å². The average Bonchev–Trinajstić information content (AvgIpc) is 2.11. The van der Waals surface area contributed by atoms with Crippen LogP contribution in [0.4, 0.5) is 8.78 Å². The molecule has 0 aliphatic rings. The van der Waals surface area contributed by atoms with Crippen molar-refractivity contribution in [2.45, 2.75) is 0 Å². The minimum atomic E-state index is -0.799. The second-order valence-electron chi connectivity index (χ2n) is 1.82. The van der Waals surface area contributed by atoms with E-state index >= 15 is 0 Å². The van der Waals surface area contributed by atoms with Gasteiger partial charge in [-0.25, -0.2) is 8.78 Å². The third-order valence-electron chi connectivity index (χ3n) is 0.942. The van der Waals surface area contributed by atoms with E-state index in [0.29, 0.717) is 6.41 Å². The highest BCUT2D eigenvalue weighted by atomic mass is 19.2. The standard InChI is InChI=1S/C6H4F2.C2H5NO/c7-5-3-1-2-4-6(5)8;1-3-2-4/h1-4H;2H,1H3,(H,3,4). The fourth-order valence-corrected chi connectivity index (χ4v) is 0.439. The summed E-state index contributed by atoms with van der Waals surface area (Å²) in [4.78, 5) is 9.06. The highest BCUT2D eigenvalue weighted by molar-refractivity contribution is 5.44. The van der Waals surface area contributed by atoms with Crippen LogP contribution in [0.15, 0.2) is 24.3 Å². The van der Waals surface area contributed by atoms with Gasteiger partial charge in [-0.15, -0.1) is 0 Å². The summed E-state index contributed by atoms with van der Waals surface area (Å²) in [5.74, 6) is -1.60. The molecule has 66 valence electrons. The highest BCUT2D eigenvalue weighted by Crippen LogP contribution is 2.01. The lowest BCUT2D eigenvalue weighted by Crippen LogP contribution is -1.98. The van der Waals surface area contributed by atoms with E-state index in [4.69, 9.17) is 4.79 Å². The summed E-state index contributed by atoms with van der Waals surface area (Å²) in [5, 5.41) is 2.25. The number of amides is 1. The number of hydrogen-bond donors (Lipinski definition) is 1. The summed E-state index contributed by atoms with van der Waals surface area (Å²) < 4.78 is 23.9. The molecule has 0 bridgehead atoms. The second kappa shape index (κ2) is 6.27. The minimum absolute atomic E-state index is 0.625. The van der Waals surface area contributed by atoms with Gasteiger partial charge in [0.05, 0.1) is 0 Å². The Morgan fingerprint density at radius 2 is 1.58 bits per heavy atom. The molecular weight excluding hydrogens is 164 g/mol. The highest BCUT2D eigenvalue weighted by Gasteiger charge is 1.93. The smallest absolute Gasteiger partial charge is 0.206 e. The van der Waals surface area contributed by atoms with Crippen LogP contribution in [0.5, 0.6) is 0 Å². The molecule has 1 N–H and O–H groups in total. The summed E-state index contributed by atoms with van der Waals surface area (Å²) in [6.07, 6.45) is 0.625. The van der Waals surface area contributed by atoms with Gasteiger partial charge in [0, 0.05) is 7.05 Å². The molecule has 0 atom stereocenters. The van der Waals surface area contributed by atoms with Crippen LogP contribution in [-0.2, 0) is 4.79 Å². The molecule has 1 aromatic carbocycles. The number of benzene rings is 1. The largest absolute Gasteiger partial charge is 0.362 e. The molecule has 0 spiro atoms. The summed E-state index contributed by atoms with van der Waals surface area (Å²) in [6, 6.07) is 5.04. The van der Waals surface area contributed by atoms with Crippen molar-refractivity contribution in [3.63, 3.8) is 0 Å². The van der Waals surface area contributed by atoms with Gasteiger partial charge in [-0.3, -0.25) is 4.79 Å². The first-order valence-electron chi connectivity index (χ1n) is 3.23. The van der Waals surface area contributed by atoms with E-state index in [1.807, 2.05) is 0 Å². The van der Waals surface area contributed by atoms with E-state index < -0.39 is 11.6 Å². The second-order valence-corrected chi connectivity index (χ2v) is 1.82. The van der Waals surface area contributed by atoms with Crippen LogP contribution in [0.1, 0.15) is 0 Å². The van der Waals surface area contributed by atoms with Crippen molar-refractivity contribution in [2.24, 2.45) is 0 Å². The molecule has 0 radical (unpaired) electrons. The maximum Gasteiger partial charge on any atom is 0.206 e. The number of halogens is 2. The topological polar surface area (TPSA) is 29.1 Å². The summed E-state index contributed by atoms with van der Waals surface area (Å²) in [7, 11) is 1.56. The zero-order valence-electron chi connectivity index (χ0n) is 6.55. The minimum Gasteiger partial charge on any atom is -0.362 e. The fourth-order valence-electron chi connectivity index (χ4n) is 0.439. The number of nitrogens with one attached hydrogen (secondary N) is 1. The number of carbonyl (C=O) groups excluding carboxylic acids is 1. The Labute approximate surface area is 69.2 Å². The summed E-state index contributed by atoms with van der Waals surface area (Å²) in [6.45, 7) is 0. The molecule has 0 heterocycles. The van der Waals surface area contributed by atoms with Gasteiger partial charge in [0.25, 0.3) is 0 Å². The Morgan fingerprint density at radius 1 is 1.25 bits per heavy atom. The predicted molar refractivity (Wildman–Crippen MR) is 41.5 cm³/mol. The van der Waals surface area contributed by atoms with Crippen molar-refractivity contribution >= 4 is 6.41 Å². The van der Waals surface area contributed by atoms with Crippen molar-refractivity contribution in [3.8, 4) is 0 Å². The van der Waals surface area contributed by atoms with Gasteiger partial charge >= 0.3 is 0 Å². The first kappa shape index (κ1) is 10.6. The third-order valence-corrected chi connectivity index (χ3v) is 0.942. The molecule has 4 heteroatoms. The Balaban J connectivity index is 0.000000261. The molecular formula is C8H9F2NO. The molecule has 12 heavy (non-hydrogen) atoms. The van der Waals surface area contributed by atoms with Crippen LogP contribution < -0.4 is 5.32 Å². The van der Waals surface area contributed by atoms with Crippen LogP contribution in [-0.4, -0.2) is 13.5 Å². The maximum absolute atomic E-state index is 11.9. The van der Waals surface area contributed by atoms with E-state index in [-0.39, 0.29) is 0 Å². The molecule has 0 aliphatic carbocycles. The van der Waals surface area contributed by atoms with Crippen molar-refractivity contribution in [2.75, 3.05) is 7.05 Å². The lowest BCUT2D eigenvalue weighted by atomic mass is 10.3. The Hall–Kier alpha value is -1.45. The quantitative estimate of drug-likeness (QED) is 0.638. The van der Waals surface area contributed by atoms with E-state index in [9.17, 15) is 8.78 Å². The summed E-state index contributed by atoms with van der Waals surface area (Å²) in [5.41, 5.74) is 0. The molecule has 0 aromatic heterocycles. The van der Waals surface area contributed by atoms with Gasteiger partial charge in [0.1, 0.15) is 0 Å². The molecule has 0 unspecified atom stereocenters. The average molecular weight is 173 g/mol. The first-order chi connectivity index (χ1) is 5.72. The molecule has 0 fully saturated rings. The monoisotopic (exact) mass is 173 g/mol. The van der Waals surface area contributed by atoms with Crippen LogP contribution in [0, 0.1) is 11.6 Å². The third kappa shape index (κ3) is 4.38. The van der Waals surface area contributed by atoms with Crippen LogP contribution in [0.3, 0.4) is 0 Å². The zero-order valence-corrected chi connectivity index (χ0v) is 6.55. The predicted octanol–water partition coefficient (Wildman–Crippen LogP) is 1.33. The molecule has 2 nitrogen and oxygen atoms in total. The van der Waals surface area contributed by atoms with E-state index in [0.717, 1.165) is 12.1 Å². The van der Waals surface area contributed by atoms with Crippen molar-refractivity contribution in [3.05, 3.63) is 35.9 Å². The molecule has 0 aliphatic heterocycles. The summed E-state index contributed by atoms with van der Waals surface area (Å²) >= 11 is 0.